The van der Waals surface area contributed by atoms with Gasteiger partial charge in [0.1, 0.15) is 5.56 Å². The van der Waals surface area contributed by atoms with Crippen LogP contribution in [0.25, 0.3) is 0 Å². The normalized spacial score (nSPS) is 13.2. The zero-order valence-corrected chi connectivity index (χ0v) is 8.26. The van der Waals surface area contributed by atoms with Gasteiger partial charge in [-0.25, -0.2) is 0 Å². The molecule has 0 fully saturated rings. The average molecular weight is 195 g/mol. The van der Waals surface area contributed by atoms with Gasteiger partial charge in [-0.1, -0.05) is 37.3 Å². The number of hydrogen-bond donors (Lipinski definition) is 2. The fourth-order valence-electron chi connectivity index (χ4n) is 1.13. The molecule has 0 aliphatic rings. The Morgan fingerprint density at radius 3 is 1.92 bits per heavy atom. The van der Waals surface area contributed by atoms with Crippen LogP contribution in [0.3, 0.4) is 0 Å². The van der Waals surface area contributed by atoms with Crippen LogP contribution in [0, 0.1) is 0 Å². The summed E-state index contributed by atoms with van der Waals surface area (Å²) in [7, 11) is 0. The third-order valence-corrected chi connectivity index (χ3v) is 2.07. The van der Waals surface area contributed by atoms with Crippen LogP contribution in [0.4, 0.5) is 0 Å². The van der Waals surface area contributed by atoms with Crippen LogP contribution in [-0.2, 0) is 0 Å². The fraction of sp³-hybridized carbons (Fsp3) is 1.00. The molecule has 0 bridgehead atoms. The summed E-state index contributed by atoms with van der Waals surface area (Å²) in [6.07, 6.45) is 7.22. The second-order valence-electron chi connectivity index (χ2n) is 3.07. The molecule has 2 N–H and O–H groups in total. The molecule has 12 heavy (non-hydrogen) atoms. The quantitative estimate of drug-likeness (QED) is 0.460. The van der Waals surface area contributed by atoms with Gasteiger partial charge in [-0.3, -0.25) is 0 Å². The van der Waals surface area contributed by atoms with Crippen LogP contribution in [0.5, 0.6) is 0 Å². The van der Waals surface area contributed by atoms with E-state index in [1.807, 2.05) is 0 Å². The second-order valence-corrected chi connectivity index (χ2v) is 3.57. The van der Waals surface area contributed by atoms with Crippen molar-refractivity contribution in [2.45, 2.75) is 50.5 Å². The molecule has 0 aliphatic carbocycles. The standard InChI is InChI=1S/C9H19ClO2/c10-9(12)7-5-3-1-2-4-6-8-11/h9,11-12H,1-8H2. The molecule has 1 atom stereocenters. The van der Waals surface area contributed by atoms with Crippen molar-refractivity contribution >= 4 is 11.6 Å². The predicted molar refractivity (Wildman–Crippen MR) is 51.3 cm³/mol. The van der Waals surface area contributed by atoms with Crippen LogP contribution >= 0.6 is 11.6 Å². The van der Waals surface area contributed by atoms with E-state index in [-0.39, 0.29) is 0 Å². The number of unbranched alkanes of at least 4 members (excludes halogenated alkanes) is 5. The Balaban J connectivity index is 2.82. The van der Waals surface area contributed by atoms with Crippen molar-refractivity contribution in [3.05, 3.63) is 0 Å². The Hall–Kier alpha value is 0.210. The van der Waals surface area contributed by atoms with Crippen LogP contribution in [-0.4, -0.2) is 22.4 Å². The molecule has 0 aromatic rings. The van der Waals surface area contributed by atoms with E-state index in [1.54, 1.807) is 0 Å². The topological polar surface area (TPSA) is 40.5 Å². The van der Waals surface area contributed by atoms with Gasteiger partial charge < -0.3 is 10.2 Å². The first-order valence-corrected chi connectivity index (χ1v) is 5.14. The molecule has 0 spiro atoms. The number of rotatable bonds is 8. The summed E-state index contributed by atoms with van der Waals surface area (Å²) >= 11 is 5.36. The Morgan fingerprint density at radius 2 is 1.42 bits per heavy atom. The molecule has 74 valence electrons. The molecule has 0 amide bonds. The highest BCUT2D eigenvalue weighted by Gasteiger charge is 1.96. The van der Waals surface area contributed by atoms with Crippen LogP contribution in [0.2, 0.25) is 0 Å². The Labute approximate surface area is 79.6 Å². The molecule has 0 aromatic carbocycles. The first kappa shape index (κ1) is 12.2. The Kier molecular flexibility index (Phi) is 9.46. The lowest BCUT2D eigenvalue weighted by molar-refractivity contribution is 0.240. The Morgan fingerprint density at radius 1 is 0.917 bits per heavy atom. The summed E-state index contributed by atoms with van der Waals surface area (Å²) in [6.45, 7) is 0.306. The monoisotopic (exact) mass is 194 g/mol. The second kappa shape index (κ2) is 9.30. The van der Waals surface area contributed by atoms with E-state index in [2.05, 4.69) is 0 Å². The highest BCUT2D eigenvalue weighted by Crippen LogP contribution is 2.09. The van der Waals surface area contributed by atoms with Crippen LogP contribution in [0.15, 0.2) is 0 Å². The first-order chi connectivity index (χ1) is 5.77. The Bertz CT molecular complexity index is 86.6. The first-order valence-electron chi connectivity index (χ1n) is 4.70. The van der Waals surface area contributed by atoms with E-state index >= 15 is 0 Å². The van der Waals surface area contributed by atoms with Crippen molar-refractivity contribution in [2.24, 2.45) is 0 Å². The minimum absolute atomic E-state index is 0.306. The predicted octanol–water partition coefficient (Wildman–Crippen LogP) is 2.27. The van der Waals surface area contributed by atoms with Crippen molar-refractivity contribution in [2.75, 3.05) is 6.61 Å². The molecule has 0 saturated heterocycles. The van der Waals surface area contributed by atoms with Crippen molar-refractivity contribution in [1.29, 1.82) is 0 Å². The zero-order valence-electron chi connectivity index (χ0n) is 7.51. The zero-order chi connectivity index (χ0) is 9.23. The van der Waals surface area contributed by atoms with Crippen molar-refractivity contribution in [1.82, 2.24) is 0 Å². The van der Waals surface area contributed by atoms with E-state index in [1.165, 1.54) is 12.8 Å². The third kappa shape index (κ3) is 10.2. The van der Waals surface area contributed by atoms with E-state index in [0.717, 1.165) is 25.7 Å². The summed E-state index contributed by atoms with van der Waals surface area (Å²) in [5.41, 5.74) is -0.664. The summed E-state index contributed by atoms with van der Waals surface area (Å²) in [5.74, 6) is 0. The van der Waals surface area contributed by atoms with Gasteiger partial charge in [-0.2, -0.15) is 0 Å². The largest absolute Gasteiger partial charge is 0.396 e. The molecular weight excluding hydrogens is 176 g/mol. The molecule has 3 heteroatoms. The van der Waals surface area contributed by atoms with Gasteiger partial charge in [-0.05, 0) is 19.3 Å². The molecule has 0 aromatic heterocycles. The van der Waals surface area contributed by atoms with Gasteiger partial charge in [0.05, 0.1) is 0 Å². The van der Waals surface area contributed by atoms with Gasteiger partial charge in [-0.15, -0.1) is 0 Å². The lowest BCUT2D eigenvalue weighted by Crippen LogP contribution is -1.94. The van der Waals surface area contributed by atoms with E-state index in [0.29, 0.717) is 13.0 Å². The minimum atomic E-state index is -0.664. The molecule has 2 nitrogen and oxygen atoms in total. The molecular formula is C9H19ClO2. The lowest BCUT2D eigenvalue weighted by Gasteiger charge is -2.01. The van der Waals surface area contributed by atoms with Crippen molar-refractivity contribution in [3.63, 3.8) is 0 Å². The van der Waals surface area contributed by atoms with Crippen molar-refractivity contribution < 1.29 is 10.2 Å². The summed E-state index contributed by atoms with van der Waals surface area (Å²) < 4.78 is 0. The number of aliphatic hydroxyl groups excluding tert-OH is 2. The SMILES string of the molecule is OCCCCCCCCC(O)Cl. The maximum Gasteiger partial charge on any atom is 0.128 e. The highest BCUT2D eigenvalue weighted by molar-refractivity contribution is 6.19. The summed E-state index contributed by atoms with van der Waals surface area (Å²) in [6, 6.07) is 0. The fourth-order valence-corrected chi connectivity index (χ4v) is 1.29. The average Bonchev–Trinajstić information content (AvgIpc) is 2.02. The van der Waals surface area contributed by atoms with Gasteiger partial charge in [0, 0.05) is 6.61 Å². The number of halogens is 1. The van der Waals surface area contributed by atoms with E-state index < -0.39 is 5.56 Å². The van der Waals surface area contributed by atoms with Gasteiger partial charge in [0.25, 0.3) is 0 Å². The molecule has 0 saturated carbocycles. The number of alkyl halides is 1. The van der Waals surface area contributed by atoms with Crippen LogP contribution < -0.4 is 0 Å². The molecule has 0 rings (SSSR count). The molecule has 0 radical (unpaired) electrons. The third-order valence-electron chi connectivity index (χ3n) is 1.85. The highest BCUT2D eigenvalue weighted by atomic mass is 35.5. The smallest absolute Gasteiger partial charge is 0.128 e. The van der Waals surface area contributed by atoms with Crippen molar-refractivity contribution in [3.8, 4) is 0 Å². The van der Waals surface area contributed by atoms with E-state index in [4.69, 9.17) is 21.8 Å². The molecule has 0 aliphatic heterocycles. The molecule has 0 heterocycles. The van der Waals surface area contributed by atoms with E-state index in [9.17, 15) is 0 Å². The summed E-state index contributed by atoms with van der Waals surface area (Å²) in [5, 5.41) is 17.2. The molecule has 1 unspecified atom stereocenters. The maximum atomic E-state index is 8.73. The summed E-state index contributed by atoms with van der Waals surface area (Å²) in [4.78, 5) is 0. The maximum absolute atomic E-state index is 8.73. The lowest BCUT2D eigenvalue weighted by atomic mass is 10.1. The number of hydrogen-bond acceptors (Lipinski definition) is 2. The van der Waals surface area contributed by atoms with Crippen LogP contribution in [0.1, 0.15) is 44.9 Å². The van der Waals surface area contributed by atoms with Gasteiger partial charge in [0.15, 0.2) is 0 Å². The van der Waals surface area contributed by atoms with Gasteiger partial charge >= 0.3 is 0 Å². The number of aliphatic hydroxyl groups is 2. The van der Waals surface area contributed by atoms with Gasteiger partial charge in [0.2, 0.25) is 0 Å². The minimum Gasteiger partial charge on any atom is -0.396 e.